The Hall–Kier alpha value is -1.89. The zero-order valence-electron chi connectivity index (χ0n) is 12.4. The van der Waals surface area contributed by atoms with Gasteiger partial charge in [0.2, 0.25) is 17.8 Å². The highest BCUT2D eigenvalue weighted by atomic mass is 79.9. The lowest BCUT2D eigenvalue weighted by Gasteiger charge is -2.14. The maximum Gasteiger partial charge on any atom is 0.233 e. The Morgan fingerprint density at radius 3 is 2.57 bits per heavy atom. The molecule has 2 rings (SSSR count). The summed E-state index contributed by atoms with van der Waals surface area (Å²) in [6.07, 6.45) is 1.01. The lowest BCUT2D eigenvalue weighted by Crippen LogP contribution is -2.16. The van der Waals surface area contributed by atoms with Gasteiger partial charge in [-0.1, -0.05) is 28.9 Å². The molecule has 0 radical (unpaired) electrons. The third-order valence-corrected chi connectivity index (χ3v) is 3.13. The first kappa shape index (κ1) is 15.5. The van der Waals surface area contributed by atoms with Gasteiger partial charge in [-0.05, 0) is 24.6 Å². The molecular formula is C14H19BrN6. The van der Waals surface area contributed by atoms with Crippen molar-refractivity contribution in [1.82, 2.24) is 15.0 Å². The van der Waals surface area contributed by atoms with Gasteiger partial charge in [0, 0.05) is 30.8 Å². The highest BCUT2D eigenvalue weighted by Crippen LogP contribution is 2.20. The molecule has 0 saturated carbocycles. The minimum Gasteiger partial charge on any atom is -0.354 e. The van der Waals surface area contributed by atoms with Gasteiger partial charge in [0.05, 0.1) is 0 Å². The van der Waals surface area contributed by atoms with Gasteiger partial charge >= 0.3 is 0 Å². The highest BCUT2D eigenvalue weighted by Gasteiger charge is 2.08. The monoisotopic (exact) mass is 350 g/mol. The molecule has 0 aliphatic carbocycles. The number of aromatic nitrogens is 3. The van der Waals surface area contributed by atoms with E-state index in [0.717, 1.165) is 23.1 Å². The molecule has 2 N–H and O–H groups in total. The van der Waals surface area contributed by atoms with Crippen molar-refractivity contribution in [2.24, 2.45) is 0 Å². The van der Waals surface area contributed by atoms with Crippen LogP contribution in [0.1, 0.15) is 13.3 Å². The zero-order chi connectivity index (χ0) is 15.2. The Labute approximate surface area is 133 Å². The standard InChI is InChI=1S/C14H19BrN6/c1-4-8-16-12-18-13(20-14(19-12)21(2)3)17-11-7-5-6-10(15)9-11/h5-7,9H,4,8H2,1-3H3,(H2,16,17,18,19,20). The van der Waals surface area contributed by atoms with Crippen LogP contribution in [0.15, 0.2) is 28.7 Å². The van der Waals surface area contributed by atoms with Crippen molar-refractivity contribution in [3.05, 3.63) is 28.7 Å². The van der Waals surface area contributed by atoms with E-state index in [2.05, 4.69) is 48.4 Å². The van der Waals surface area contributed by atoms with Gasteiger partial charge in [0.25, 0.3) is 0 Å². The van der Waals surface area contributed by atoms with Crippen molar-refractivity contribution in [3.63, 3.8) is 0 Å². The number of hydrogen-bond donors (Lipinski definition) is 2. The Balaban J connectivity index is 2.26. The number of nitrogens with one attached hydrogen (secondary N) is 2. The van der Waals surface area contributed by atoms with Crippen molar-refractivity contribution in [2.45, 2.75) is 13.3 Å². The molecular weight excluding hydrogens is 332 g/mol. The molecule has 0 unspecified atom stereocenters. The van der Waals surface area contributed by atoms with E-state index >= 15 is 0 Å². The number of hydrogen-bond acceptors (Lipinski definition) is 6. The fraction of sp³-hybridized carbons (Fsp3) is 0.357. The minimum atomic E-state index is 0.519. The first-order valence-corrected chi connectivity index (χ1v) is 7.57. The summed E-state index contributed by atoms with van der Waals surface area (Å²) in [7, 11) is 3.81. The maximum atomic E-state index is 4.40. The van der Waals surface area contributed by atoms with Crippen LogP contribution in [-0.2, 0) is 0 Å². The van der Waals surface area contributed by atoms with Crippen LogP contribution in [0.25, 0.3) is 0 Å². The summed E-state index contributed by atoms with van der Waals surface area (Å²) in [5, 5.41) is 6.39. The number of anilines is 4. The van der Waals surface area contributed by atoms with Crippen LogP contribution in [0.3, 0.4) is 0 Å². The second-order valence-corrected chi connectivity index (χ2v) is 5.65. The summed E-state index contributed by atoms with van der Waals surface area (Å²) < 4.78 is 0.999. The van der Waals surface area contributed by atoms with E-state index in [4.69, 9.17) is 0 Å². The Kier molecular flexibility index (Phi) is 5.32. The topological polar surface area (TPSA) is 66.0 Å². The van der Waals surface area contributed by atoms with E-state index in [9.17, 15) is 0 Å². The molecule has 6 nitrogen and oxygen atoms in total. The molecule has 0 saturated heterocycles. The van der Waals surface area contributed by atoms with E-state index in [1.165, 1.54) is 0 Å². The van der Waals surface area contributed by atoms with Crippen LogP contribution in [0.5, 0.6) is 0 Å². The van der Waals surface area contributed by atoms with Gasteiger partial charge in [-0.25, -0.2) is 0 Å². The van der Waals surface area contributed by atoms with Gasteiger partial charge < -0.3 is 15.5 Å². The largest absolute Gasteiger partial charge is 0.354 e. The lowest BCUT2D eigenvalue weighted by molar-refractivity contribution is 0.919. The Morgan fingerprint density at radius 2 is 1.90 bits per heavy atom. The van der Waals surface area contributed by atoms with Crippen LogP contribution >= 0.6 is 15.9 Å². The molecule has 0 bridgehead atoms. The van der Waals surface area contributed by atoms with Crippen molar-refractivity contribution in [3.8, 4) is 0 Å². The average Bonchev–Trinajstić information content (AvgIpc) is 2.45. The van der Waals surface area contributed by atoms with Crippen molar-refractivity contribution < 1.29 is 0 Å². The molecule has 0 aliphatic heterocycles. The van der Waals surface area contributed by atoms with Gasteiger partial charge in [0.1, 0.15) is 0 Å². The SMILES string of the molecule is CCCNc1nc(Nc2cccc(Br)c2)nc(N(C)C)n1. The van der Waals surface area contributed by atoms with Gasteiger partial charge in [-0.2, -0.15) is 15.0 Å². The van der Waals surface area contributed by atoms with E-state index < -0.39 is 0 Å². The summed E-state index contributed by atoms with van der Waals surface area (Å²) in [5.74, 6) is 1.71. The van der Waals surface area contributed by atoms with E-state index in [0.29, 0.717) is 17.8 Å². The van der Waals surface area contributed by atoms with Crippen LogP contribution < -0.4 is 15.5 Å². The molecule has 0 amide bonds. The summed E-state index contributed by atoms with van der Waals surface area (Å²) in [6.45, 7) is 2.93. The molecule has 0 fully saturated rings. The van der Waals surface area contributed by atoms with E-state index in [-0.39, 0.29) is 0 Å². The Bertz CT molecular complexity index is 602. The zero-order valence-corrected chi connectivity index (χ0v) is 14.0. The first-order valence-electron chi connectivity index (χ1n) is 6.78. The predicted octanol–water partition coefficient (Wildman–Crippen LogP) is 3.27. The quantitative estimate of drug-likeness (QED) is 0.833. The summed E-state index contributed by atoms with van der Waals surface area (Å²) >= 11 is 3.45. The molecule has 0 aliphatic rings. The summed E-state index contributed by atoms with van der Waals surface area (Å²) in [4.78, 5) is 15.0. The highest BCUT2D eigenvalue weighted by molar-refractivity contribution is 9.10. The number of nitrogens with zero attached hydrogens (tertiary/aromatic N) is 4. The molecule has 0 atom stereocenters. The molecule has 0 spiro atoms. The third kappa shape index (κ3) is 4.56. The molecule has 7 heteroatoms. The second kappa shape index (κ2) is 7.21. The molecule has 21 heavy (non-hydrogen) atoms. The number of halogens is 1. The molecule has 1 aromatic heterocycles. The lowest BCUT2D eigenvalue weighted by atomic mass is 10.3. The molecule has 1 aromatic carbocycles. The van der Waals surface area contributed by atoms with Gasteiger partial charge in [-0.15, -0.1) is 0 Å². The maximum absolute atomic E-state index is 4.40. The fourth-order valence-electron chi connectivity index (χ4n) is 1.63. The van der Waals surface area contributed by atoms with Crippen LogP contribution in [-0.4, -0.2) is 35.6 Å². The molecule has 112 valence electrons. The van der Waals surface area contributed by atoms with Gasteiger partial charge in [0.15, 0.2) is 0 Å². The molecule has 2 aromatic rings. The smallest absolute Gasteiger partial charge is 0.233 e. The van der Waals surface area contributed by atoms with Crippen molar-refractivity contribution in [1.29, 1.82) is 0 Å². The third-order valence-electron chi connectivity index (χ3n) is 2.64. The Morgan fingerprint density at radius 1 is 1.14 bits per heavy atom. The fourth-order valence-corrected chi connectivity index (χ4v) is 2.03. The van der Waals surface area contributed by atoms with E-state index in [1.54, 1.807) is 0 Å². The second-order valence-electron chi connectivity index (χ2n) is 4.74. The number of benzene rings is 1. The van der Waals surface area contributed by atoms with Gasteiger partial charge in [-0.3, -0.25) is 0 Å². The van der Waals surface area contributed by atoms with E-state index in [1.807, 2.05) is 43.3 Å². The van der Waals surface area contributed by atoms with Crippen molar-refractivity contribution in [2.75, 3.05) is 36.2 Å². The van der Waals surface area contributed by atoms with Crippen LogP contribution in [0.4, 0.5) is 23.5 Å². The average molecular weight is 351 g/mol. The summed E-state index contributed by atoms with van der Waals surface area (Å²) in [6, 6.07) is 7.86. The number of rotatable bonds is 6. The van der Waals surface area contributed by atoms with Crippen LogP contribution in [0, 0.1) is 0 Å². The van der Waals surface area contributed by atoms with Crippen LogP contribution in [0.2, 0.25) is 0 Å². The molecule has 1 heterocycles. The normalized spacial score (nSPS) is 10.3. The summed E-state index contributed by atoms with van der Waals surface area (Å²) in [5.41, 5.74) is 0.918. The minimum absolute atomic E-state index is 0.519. The first-order chi connectivity index (χ1) is 10.1. The predicted molar refractivity (Wildman–Crippen MR) is 90.4 cm³/mol. The van der Waals surface area contributed by atoms with Crippen molar-refractivity contribution >= 4 is 39.5 Å².